The van der Waals surface area contributed by atoms with Gasteiger partial charge in [-0.3, -0.25) is 0 Å². The van der Waals surface area contributed by atoms with Crippen LogP contribution in [-0.2, 0) is 6.54 Å². The zero-order valence-electron chi connectivity index (χ0n) is 10.6. The molecule has 0 aliphatic carbocycles. The number of rotatable bonds is 4. The number of aromatic nitrogens is 2. The molecule has 2 rings (SSSR count). The topological polar surface area (TPSA) is 29.9 Å². The highest BCUT2D eigenvalue weighted by molar-refractivity contribution is 9.10. The molecule has 1 heterocycles. The van der Waals surface area contributed by atoms with Crippen LogP contribution in [0.2, 0.25) is 10.0 Å². The van der Waals surface area contributed by atoms with Crippen LogP contribution >= 0.6 is 39.1 Å². The molecule has 6 heteroatoms. The van der Waals surface area contributed by atoms with Gasteiger partial charge in [0.1, 0.15) is 0 Å². The second-order valence-electron chi connectivity index (χ2n) is 4.64. The molecule has 1 N–H and O–H groups in total. The summed E-state index contributed by atoms with van der Waals surface area (Å²) in [5.41, 5.74) is 0.742. The van der Waals surface area contributed by atoms with Gasteiger partial charge in [0.2, 0.25) is 5.95 Å². The van der Waals surface area contributed by atoms with Crippen molar-refractivity contribution in [2.75, 3.05) is 5.32 Å². The third kappa shape index (κ3) is 3.44. The van der Waals surface area contributed by atoms with Crippen molar-refractivity contribution >= 4 is 50.8 Å². The van der Waals surface area contributed by atoms with E-state index in [1.807, 2.05) is 18.3 Å². The van der Waals surface area contributed by atoms with Crippen LogP contribution in [0.4, 0.5) is 11.6 Å². The fourth-order valence-electron chi connectivity index (χ4n) is 1.72. The lowest BCUT2D eigenvalue weighted by Crippen LogP contribution is -2.07. The summed E-state index contributed by atoms with van der Waals surface area (Å²) in [5, 5.41) is 4.18. The number of hydrogen-bond donors (Lipinski definition) is 1. The highest BCUT2D eigenvalue weighted by Gasteiger charge is 2.11. The normalized spacial score (nSPS) is 11.1. The zero-order chi connectivity index (χ0) is 14.0. The van der Waals surface area contributed by atoms with E-state index < -0.39 is 0 Å². The molecule has 1 aromatic heterocycles. The second-order valence-corrected chi connectivity index (χ2v) is 6.26. The number of nitrogens with zero attached hydrogens (tertiary/aromatic N) is 2. The lowest BCUT2D eigenvalue weighted by Gasteiger charge is -2.13. The van der Waals surface area contributed by atoms with Crippen molar-refractivity contribution in [3.05, 3.63) is 39.0 Å². The Bertz CT molecular complexity index is 581. The summed E-state index contributed by atoms with van der Waals surface area (Å²) in [5.74, 6) is 1.30. The molecule has 102 valence electrons. The van der Waals surface area contributed by atoms with E-state index in [-0.39, 0.29) is 0 Å². The number of halogens is 3. The quantitative estimate of drug-likeness (QED) is 0.742. The van der Waals surface area contributed by atoms with Crippen LogP contribution in [0.25, 0.3) is 0 Å². The van der Waals surface area contributed by atoms with E-state index in [2.05, 4.69) is 44.6 Å². The Balaban J connectivity index is 2.27. The average Bonchev–Trinajstić information content (AvgIpc) is 2.77. The van der Waals surface area contributed by atoms with Crippen molar-refractivity contribution in [2.24, 2.45) is 5.92 Å². The Morgan fingerprint density at radius 2 is 2.05 bits per heavy atom. The summed E-state index contributed by atoms with van der Waals surface area (Å²) in [6, 6.07) is 3.72. The summed E-state index contributed by atoms with van der Waals surface area (Å²) >= 11 is 15.7. The van der Waals surface area contributed by atoms with Crippen LogP contribution in [-0.4, -0.2) is 9.55 Å². The number of anilines is 2. The number of hydrogen-bond acceptors (Lipinski definition) is 2. The lowest BCUT2D eigenvalue weighted by atomic mass is 10.2. The van der Waals surface area contributed by atoms with Gasteiger partial charge in [0.15, 0.2) is 0 Å². The molecule has 0 aliphatic heterocycles. The van der Waals surface area contributed by atoms with Crippen LogP contribution in [0.5, 0.6) is 0 Å². The first-order valence-electron chi connectivity index (χ1n) is 5.90. The van der Waals surface area contributed by atoms with E-state index in [4.69, 9.17) is 23.2 Å². The molecule has 0 atom stereocenters. The summed E-state index contributed by atoms with van der Waals surface area (Å²) in [4.78, 5) is 4.30. The molecule has 3 nitrogen and oxygen atoms in total. The van der Waals surface area contributed by atoms with Crippen LogP contribution in [0.3, 0.4) is 0 Å². The number of nitrogens with one attached hydrogen (secondary N) is 1. The van der Waals surface area contributed by atoms with E-state index in [0.717, 1.165) is 22.7 Å². The minimum atomic E-state index is 0.482. The summed E-state index contributed by atoms with van der Waals surface area (Å²) in [6.07, 6.45) is 3.70. The fourth-order valence-corrected chi connectivity index (χ4v) is 2.54. The van der Waals surface area contributed by atoms with Crippen LogP contribution in [0.15, 0.2) is 29.0 Å². The zero-order valence-corrected chi connectivity index (χ0v) is 13.7. The first-order valence-corrected chi connectivity index (χ1v) is 7.45. The molecule has 0 amide bonds. The average molecular weight is 363 g/mol. The first kappa shape index (κ1) is 14.7. The minimum Gasteiger partial charge on any atom is -0.324 e. The maximum Gasteiger partial charge on any atom is 0.207 e. The predicted molar refractivity (Wildman–Crippen MR) is 84.5 cm³/mol. The smallest absolute Gasteiger partial charge is 0.207 e. The molecule has 0 aliphatic rings. The van der Waals surface area contributed by atoms with Crippen LogP contribution in [0.1, 0.15) is 13.8 Å². The molecule has 0 radical (unpaired) electrons. The minimum absolute atomic E-state index is 0.482. The van der Waals surface area contributed by atoms with E-state index >= 15 is 0 Å². The number of imidazole rings is 1. The van der Waals surface area contributed by atoms with Gasteiger partial charge < -0.3 is 9.88 Å². The molecule has 0 fully saturated rings. The largest absolute Gasteiger partial charge is 0.324 e. The van der Waals surface area contributed by atoms with Crippen molar-refractivity contribution in [1.82, 2.24) is 9.55 Å². The van der Waals surface area contributed by atoms with Gasteiger partial charge in [-0.2, -0.15) is 0 Å². The molecular weight excluding hydrogens is 349 g/mol. The van der Waals surface area contributed by atoms with Crippen molar-refractivity contribution < 1.29 is 0 Å². The van der Waals surface area contributed by atoms with E-state index in [1.165, 1.54) is 0 Å². The molecule has 0 spiro atoms. The Morgan fingerprint density at radius 1 is 1.32 bits per heavy atom. The lowest BCUT2D eigenvalue weighted by molar-refractivity contribution is 0.527. The maximum absolute atomic E-state index is 6.21. The Hall–Kier alpha value is -0.710. The van der Waals surface area contributed by atoms with Gasteiger partial charge in [0, 0.05) is 23.4 Å². The first-order chi connectivity index (χ1) is 8.99. The highest BCUT2D eigenvalue weighted by Crippen LogP contribution is 2.36. The van der Waals surface area contributed by atoms with Crippen LogP contribution in [0, 0.1) is 5.92 Å². The van der Waals surface area contributed by atoms with Gasteiger partial charge >= 0.3 is 0 Å². The van der Waals surface area contributed by atoms with Crippen molar-refractivity contribution in [3.8, 4) is 0 Å². The van der Waals surface area contributed by atoms with E-state index in [1.54, 1.807) is 6.20 Å². The molecule has 1 aromatic carbocycles. The molecule has 19 heavy (non-hydrogen) atoms. The van der Waals surface area contributed by atoms with E-state index in [9.17, 15) is 0 Å². The van der Waals surface area contributed by atoms with Crippen molar-refractivity contribution in [2.45, 2.75) is 20.4 Å². The molecule has 0 saturated heterocycles. The Labute approximate surface area is 131 Å². The molecular formula is C13H14BrCl2N3. The van der Waals surface area contributed by atoms with Gasteiger partial charge in [0.05, 0.1) is 15.7 Å². The Morgan fingerprint density at radius 3 is 2.74 bits per heavy atom. The molecule has 0 saturated carbocycles. The molecule has 0 unspecified atom stereocenters. The van der Waals surface area contributed by atoms with Crippen LogP contribution < -0.4 is 5.32 Å². The van der Waals surface area contributed by atoms with E-state index in [0.29, 0.717) is 16.0 Å². The monoisotopic (exact) mass is 361 g/mol. The van der Waals surface area contributed by atoms with Gasteiger partial charge in [0.25, 0.3) is 0 Å². The molecule has 0 bridgehead atoms. The summed E-state index contributed by atoms with van der Waals surface area (Å²) < 4.78 is 2.83. The van der Waals surface area contributed by atoms with Crippen molar-refractivity contribution in [1.29, 1.82) is 0 Å². The van der Waals surface area contributed by atoms with Gasteiger partial charge in [-0.25, -0.2) is 4.98 Å². The van der Waals surface area contributed by atoms with Gasteiger partial charge in [-0.15, -0.1) is 0 Å². The molecule has 2 aromatic rings. The van der Waals surface area contributed by atoms with Gasteiger partial charge in [-0.05, 0) is 34.0 Å². The number of benzene rings is 1. The fraction of sp³-hybridized carbons (Fsp3) is 0.308. The maximum atomic E-state index is 6.21. The summed E-state index contributed by atoms with van der Waals surface area (Å²) in [6.45, 7) is 5.21. The highest BCUT2D eigenvalue weighted by atomic mass is 79.9. The summed E-state index contributed by atoms with van der Waals surface area (Å²) in [7, 11) is 0. The Kier molecular flexibility index (Phi) is 4.76. The standard InChI is InChI=1S/C13H14BrCl2N3/c1-8(2)7-19-6-5-17-13(19)18-10-4-3-9(14)11(15)12(10)16/h3-6,8H,7H2,1-2H3,(H,17,18). The third-order valence-corrected chi connectivity index (χ3v) is 4.33. The predicted octanol–water partition coefficient (Wildman–Crippen LogP) is 5.35. The van der Waals surface area contributed by atoms with Crippen molar-refractivity contribution in [3.63, 3.8) is 0 Å². The third-order valence-electron chi connectivity index (χ3n) is 2.56. The van der Waals surface area contributed by atoms with Gasteiger partial charge in [-0.1, -0.05) is 37.0 Å². The SMILES string of the molecule is CC(C)Cn1ccnc1Nc1ccc(Br)c(Cl)c1Cl. The second kappa shape index (κ2) is 6.16.